The molecule has 0 fully saturated rings. The zero-order valence-corrected chi connectivity index (χ0v) is 9.85. The molecule has 1 atom stereocenters. The van der Waals surface area contributed by atoms with Crippen molar-refractivity contribution in [2.45, 2.75) is 23.6 Å². The third-order valence-corrected chi connectivity index (χ3v) is 3.25. The summed E-state index contributed by atoms with van der Waals surface area (Å²) in [7, 11) is 0. The first kappa shape index (κ1) is 12.5. The number of hydrogen-bond acceptors (Lipinski definition) is 6. The fraction of sp³-hybridized carbons (Fsp3) is 0.500. The highest BCUT2D eigenvalue weighted by Gasteiger charge is 2.10. The monoisotopic (exact) mass is 248 g/mol. The molecule has 15 heavy (non-hydrogen) atoms. The van der Waals surface area contributed by atoms with Gasteiger partial charge in [-0.3, -0.25) is 5.43 Å². The largest absolute Gasteiger partial charge is 0.396 e. The van der Waals surface area contributed by atoms with Crippen LogP contribution in [0.25, 0.3) is 0 Å². The first-order valence-electron chi connectivity index (χ1n) is 4.44. The number of hydrogen-bond donors (Lipinski definition) is 3. The average Bonchev–Trinajstić information content (AvgIpc) is 2.21. The molecule has 0 aliphatic heterocycles. The second-order valence-electron chi connectivity index (χ2n) is 2.93. The predicted molar refractivity (Wildman–Crippen MR) is 61.9 cm³/mol. The number of aliphatic hydroxyl groups excluding tert-OH is 1. The van der Waals surface area contributed by atoms with Crippen molar-refractivity contribution in [3.8, 4) is 0 Å². The van der Waals surface area contributed by atoms with Gasteiger partial charge < -0.3 is 5.11 Å². The number of rotatable bonds is 5. The number of aromatic nitrogens is 2. The number of hydrazine groups is 1. The molecule has 1 unspecified atom stereocenters. The number of halogens is 1. The van der Waals surface area contributed by atoms with Crippen LogP contribution in [-0.2, 0) is 0 Å². The maximum Gasteiger partial charge on any atom is 0.238 e. The van der Waals surface area contributed by atoms with Crippen LogP contribution in [0.15, 0.2) is 11.2 Å². The summed E-state index contributed by atoms with van der Waals surface area (Å²) in [5, 5.41) is 10.2. The summed E-state index contributed by atoms with van der Waals surface area (Å²) in [4.78, 5) is 7.98. The van der Waals surface area contributed by atoms with Crippen molar-refractivity contribution in [1.82, 2.24) is 9.97 Å². The number of anilines is 1. The number of aliphatic hydroxyl groups is 1. The topological polar surface area (TPSA) is 84.1 Å². The van der Waals surface area contributed by atoms with E-state index in [1.807, 2.05) is 6.92 Å². The number of thioether (sulfide) groups is 1. The second kappa shape index (κ2) is 6.12. The molecule has 0 aliphatic carbocycles. The maximum absolute atomic E-state index is 8.77. The van der Waals surface area contributed by atoms with E-state index >= 15 is 0 Å². The van der Waals surface area contributed by atoms with E-state index in [0.29, 0.717) is 22.4 Å². The molecular formula is C8H13ClN4OS. The van der Waals surface area contributed by atoms with Crippen LogP contribution in [0.1, 0.15) is 13.3 Å². The summed E-state index contributed by atoms with van der Waals surface area (Å²) in [6.07, 6.45) is 2.19. The molecule has 0 amide bonds. The zero-order valence-electron chi connectivity index (χ0n) is 8.27. The fourth-order valence-electron chi connectivity index (χ4n) is 0.935. The second-order valence-corrected chi connectivity index (χ2v) is 4.77. The van der Waals surface area contributed by atoms with Crippen LogP contribution in [0.2, 0.25) is 5.02 Å². The first-order chi connectivity index (χ1) is 7.17. The third kappa shape index (κ3) is 3.83. The lowest BCUT2D eigenvalue weighted by Gasteiger charge is -2.10. The molecule has 0 saturated carbocycles. The quantitative estimate of drug-likeness (QED) is 0.315. The summed E-state index contributed by atoms with van der Waals surface area (Å²) in [6, 6.07) is 0. The molecule has 0 bridgehead atoms. The van der Waals surface area contributed by atoms with Gasteiger partial charge in [-0.15, -0.1) is 11.8 Å². The van der Waals surface area contributed by atoms with E-state index in [0.717, 1.165) is 0 Å². The standard InChI is InChI=1S/C8H13ClN4OS/c1-5(2-3-14)15-7-6(9)4-11-8(12-7)13-10/h4-5,14H,2-3,10H2,1H3,(H,11,12,13). The minimum atomic E-state index is 0.152. The lowest BCUT2D eigenvalue weighted by atomic mass is 10.3. The van der Waals surface area contributed by atoms with Crippen molar-refractivity contribution >= 4 is 29.3 Å². The van der Waals surface area contributed by atoms with Gasteiger partial charge in [-0.2, -0.15) is 0 Å². The van der Waals surface area contributed by atoms with Crippen LogP contribution < -0.4 is 11.3 Å². The molecule has 1 rings (SSSR count). The third-order valence-electron chi connectivity index (χ3n) is 1.69. The van der Waals surface area contributed by atoms with E-state index in [9.17, 15) is 0 Å². The van der Waals surface area contributed by atoms with E-state index in [2.05, 4.69) is 15.4 Å². The van der Waals surface area contributed by atoms with Crippen LogP contribution in [0, 0.1) is 0 Å². The van der Waals surface area contributed by atoms with Gasteiger partial charge in [0.2, 0.25) is 5.95 Å². The fourth-order valence-corrected chi connectivity index (χ4v) is 2.07. The molecule has 5 nitrogen and oxygen atoms in total. The molecule has 1 heterocycles. The van der Waals surface area contributed by atoms with E-state index in [1.165, 1.54) is 18.0 Å². The Morgan fingerprint density at radius 1 is 1.73 bits per heavy atom. The normalized spacial score (nSPS) is 12.5. The van der Waals surface area contributed by atoms with Gasteiger partial charge in [-0.1, -0.05) is 18.5 Å². The van der Waals surface area contributed by atoms with Crippen molar-refractivity contribution in [2.24, 2.45) is 5.84 Å². The van der Waals surface area contributed by atoms with E-state index in [-0.39, 0.29) is 11.9 Å². The molecule has 7 heteroatoms. The van der Waals surface area contributed by atoms with E-state index in [1.54, 1.807) is 0 Å². The summed E-state index contributed by atoms with van der Waals surface area (Å²) >= 11 is 7.41. The van der Waals surface area contributed by atoms with Gasteiger partial charge >= 0.3 is 0 Å². The van der Waals surface area contributed by atoms with Crippen molar-refractivity contribution in [3.63, 3.8) is 0 Å². The van der Waals surface area contributed by atoms with Crippen LogP contribution in [0.3, 0.4) is 0 Å². The van der Waals surface area contributed by atoms with Crippen molar-refractivity contribution in [3.05, 3.63) is 11.2 Å². The minimum absolute atomic E-state index is 0.152. The Kier molecular flexibility index (Phi) is 5.10. The Bertz CT molecular complexity index is 326. The average molecular weight is 249 g/mol. The highest BCUT2D eigenvalue weighted by atomic mass is 35.5. The van der Waals surface area contributed by atoms with Gasteiger partial charge in [0.25, 0.3) is 0 Å². The summed E-state index contributed by atoms with van der Waals surface area (Å²) in [5.74, 6) is 5.52. The summed E-state index contributed by atoms with van der Waals surface area (Å²) in [6.45, 7) is 2.15. The highest BCUT2D eigenvalue weighted by Crippen LogP contribution is 2.29. The molecule has 0 saturated heterocycles. The number of nitrogen functional groups attached to an aromatic ring is 1. The smallest absolute Gasteiger partial charge is 0.238 e. The van der Waals surface area contributed by atoms with Gasteiger partial charge in [0.1, 0.15) is 5.03 Å². The number of nitrogens with zero attached hydrogens (tertiary/aromatic N) is 2. The van der Waals surface area contributed by atoms with Crippen molar-refractivity contribution in [2.75, 3.05) is 12.0 Å². The molecule has 0 aliphatic rings. The Morgan fingerprint density at radius 2 is 2.47 bits per heavy atom. The molecule has 84 valence electrons. The van der Waals surface area contributed by atoms with Gasteiger partial charge in [-0.25, -0.2) is 15.8 Å². The highest BCUT2D eigenvalue weighted by molar-refractivity contribution is 7.99. The van der Waals surface area contributed by atoms with Crippen LogP contribution in [-0.4, -0.2) is 26.9 Å². The van der Waals surface area contributed by atoms with Gasteiger partial charge in [-0.05, 0) is 6.42 Å². The Balaban J connectivity index is 2.74. The predicted octanol–water partition coefficient (Wildman–Crippen LogP) is 1.28. The molecule has 0 aromatic carbocycles. The van der Waals surface area contributed by atoms with Crippen molar-refractivity contribution < 1.29 is 5.11 Å². The zero-order chi connectivity index (χ0) is 11.3. The Hall–Kier alpha value is -0.560. The molecular weight excluding hydrogens is 236 g/mol. The van der Waals surface area contributed by atoms with Crippen LogP contribution in [0.5, 0.6) is 0 Å². The first-order valence-corrected chi connectivity index (χ1v) is 5.69. The molecule has 4 N–H and O–H groups in total. The molecule has 1 aromatic heterocycles. The number of nitrogens with two attached hydrogens (primary N) is 1. The van der Waals surface area contributed by atoms with Gasteiger partial charge in [0.15, 0.2) is 0 Å². The van der Waals surface area contributed by atoms with Crippen LogP contribution in [0.4, 0.5) is 5.95 Å². The lowest BCUT2D eigenvalue weighted by molar-refractivity contribution is 0.289. The van der Waals surface area contributed by atoms with Crippen molar-refractivity contribution in [1.29, 1.82) is 0 Å². The lowest BCUT2D eigenvalue weighted by Crippen LogP contribution is -2.11. The molecule has 1 aromatic rings. The maximum atomic E-state index is 8.77. The Morgan fingerprint density at radius 3 is 3.07 bits per heavy atom. The summed E-state index contributed by atoms with van der Waals surface area (Å²) < 4.78 is 0. The molecule has 0 spiro atoms. The van der Waals surface area contributed by atoms with Gasteiger partial charge in [0, 0.05) is 11.9 Å². The van der Waals surface area contributed by atoms with E-state index < -0.39 is 0 Å². The summed E-state index contributed by atoms with van der Waals surface area (Å²) in [5.41, 5.74) is 2.36. The van der Waals surface area contributed by atoms with E-state index in [4.69, 9.17) is 22.6 Å². The Labute approximate surface area is 97.4 Å². The van der Waals surface area contributed by atoms with Gasteiger partial charge in [0.05, 0.1) is 11.2 Å². The van der Waals surface area contributed by atoms with Crippen LogP contribution >= 0.6 is 23.4 Å². The SMILES string of the molecule is CC(CCO)Sc1nc(NN)ncc1Cl. The molecule has 0 radical (unpaired) electrons. The minimum Gasteiger partial charge on any atom is -0.396 e. The number of nitrogens with one attached hydrogen (secondary N) is 1.